The monoisotopic (exact) mass is 293 g/mol. The summed E-state index contributed by atoms with van der Waals surface area (Å²) in [7, 11) is 0. The van der Waals surface area contributed by atoms with Crippen LogP contribution in [0.3, 0.4) is 0 Å². The first-order valence-electron chi connectivity index (χ1n) is 6.81. The number of aryl methyl sites for hydroxylation is 1. The van der Waals surface area contributed by atoms with Crippen molar-refractivity contribution in [2.24, 2.45) is 0 Å². The fourth-order valence-electron chi connectivity index (χ4n) is 2.07. The molecule has 0 radical (unpaired) electrons. The van der Waals surface area contributed by atoms with Crippen LogP contribution in [0, 0.1) is 6.92 Å². The maximum absolute atomic E-state index is 12.1. The van der Waals surface area contributed by atoms with E-state index in [0.29, 0.717) is 16.9 Å². The number of carbonyl (C=O) groups excluding carboxylic acids is 1. The third-order valence-electron chi connectivity index (χ3n) is 3.21. The first kappa shape index (κ1) is 13.9. The summed E-state index contributed by atoms with van der Waals surface area (Å²) in [6, 6.07) is 14.7. The predicted molar refractivity (Wildman–Crippen MR) is 85.5 cm³/mol. The van der Waals surface area contributed by atoms with Gasteiger partial charge in [-0.15, -0.1) is 0 Å². The van der Waals surface area contributed by atoms with Crippen LogP contribution in [-0.2, 0) is 0 Å². The molecule has 0 fully saturated rings. The summed E-state index contributed by atoms with van der Waals surface area (Å²) in [6.45, 7) is 1.93. The molecule has 0 aliphatic carbocycles. The molecule has 0 spiro atoms. The van der Waals surface area contributed by atoms with Crippen LogP contribution < -0.4 is 11.1 Å². The van der Waals surface area contributed by atoms with Crippen LogP contribution in [0.2, 0.25) is 0 Å². The van der Waals surface area contributed by atoms with Gasteiger partial charge in [-0.05, 0) is 31.2 Å². The van der Waals surface area contributed by atoms with Crippen molar-refractivity contribution in [1.29, 1.82) is 0 Å². The normalized spacial score (nSPS) is 10.4. The minimum absolute atomic E-state index is 0.165. The largest absolute Gasteiger partial charge is 0.431 e. The van der Waals surface area contributed by atoms with Crippen LogP contribution in [0.5, 0.6) is 0 Å². The lowest BCUT2D eigenvalue weighted by Gasteiger charge is -2.01. The second-order valence-electron chi connectivity index (χ2n) is 4.98. The third-order valence-corrected chi connectivity index (χ3v) is 3.21. The highest BCUT2D eigenvalue weighted by Crippen LogP contribution is 2.22. The molecule has 0 bridgehead atoms. The molecule has 0 aliphatic heterocycles. The lowest BCUT2D eigenvalue weighted by atomic mass is 10.1. The molecule has 0 aliphatic rings. The fraction of sp³-hybridized carbons (Fsp3) is 0.0588. The van der Waals surface area contributed by atoms with E-state index in [0.717, 1.165) is 11.1 Å². The molecule has 0 saturated carbocycles. The van der Waals surface area contributed by atoms with E-state index >= 15 is 0 Å². The molecule has 3 N–H and O–H groups in total. The number of oxazole rings is 1. The average Bonchev–Trinajstić information content (AvgIpc) is 2.96. The van der Waals surface area contributed by atoms with Gasteiger partial charge < -0.3 is 10.2 Å². The van der Waals surface area contributed by atoms with Crippen LogP contribution in [0.1, 0.15) is 15.9 Å². The lowest BCUT2D eigenvalue weighted by Crippen LogP contribution is -2.12. The fourth-order valence-corrected chi connectivity index (χ4v) is 2.07. The minimum atomic E-state index is -0.255. The first-order chi connectivity index (χ1) is 10.6. The minimum Gasteiger partial charge on any atom is -0.431 e. The zero-order valence-corrected chi connectivity index (χ0v) is 12.0. The van der Waals surface area contributed by atoms with Gasteiger partial charge >= 0.3 is 6.01 Å². The Morgan fingerprint density at radius 3 is 2.68 bits per heavy atom. The van der Waals surface area contributed by atoms with E-state index in [1.54, 1.807) is 24.3 Å². The number of hydrogen-bond acceptors (Lipinski definition) is 4. The number of nitrogens with two attached hydrogens (primary N) is 1. The van der Waals surface area contributed by atoms with Crippen molar-refractivity contribution in [2.45, 2.75) is 6.92 Å². The van der Waals surface area contributed by atoms with Gasteiger partial charge in [-0.1, -0.05) is 29.8 Å². The number of nitrogen functional groups attached to an aromatic ring is 1. The topological polar surface area (TPSA) is 81.2 Å². The average molecular weight is 293 g/mol. The molecule has 0 atom stereocenters. The Kier molecular flexibility index (Phi) is 3.62. The van der Waals surface area contributed by atoms with Crippen molar-refractivity contribution >= 4 is 17.6 Å². The molecule has 3 rings (SSSR count). The summed E-state index contributed by atoms with van der Waals surface area (Å²) >= 11 is 0. The van der Waals surface area contributed by atoms with Gasteiger partial charge in [0.25, 0.3) is 5.91 Å². The molecule has 5 nitrogen and oxygen atoms in total. The molecular formula is C17H15N3O2. The maximum atomic E-state index is 12.1. The molecule has 0 saturated heterocycles. The Morgan fingerprint density at radius 2 is 1.95 bits per heavy atom. The van der Waals surface area contributed by atoms with Gasteiger partial charge in [0.2, 0.25) is 0 Å². The lowest BCUT2D eigenvalue weighted by molar-refractivity contribution is 0.102. The summed E-state index contributed by atoms with van der Waals surface area (Å²) in [5.74, 6) is -0.255. The second kappa shape index (κ2) is 5.73. The van der Waals surface area contributed by atoms with Gasteiger partial charge in [0.15, 0.2) is 0 Å². The van der Waals surface area contributed by atoms with E-state index in [2.05, 4.69) is 10.3 Å². The van der Waals surface area contributed by atoms with Gasteiger partial charge in [0, 0.05) is 16.8 Å². The molecule has 22 heavy (non-hydrogen) atoms. The maximum Gasteiger partial charge on any atom is 0.302 e. The SMILES string of the molecule is Cc1cccc(C(=O)Nc2nc(-c3ccc(N)cc3)co2)c1. The Balaban J connectivity index is 1.77. The number of anilines is 2. The van der Waals surface area contributed by atoms with E-state index in [1.807, 2.05) is 31.2 Å². The zero-order chi connectivity index (χ0) is 15.5. The second-order valence-corrected chi connectivity index (χ2v) is 4.98. The quantitative estimate of drug-likeness (QED) is 0.724. The Bertz CT molecular complexity index is 807. The summed E-state index contributed by atoms with van der Waals surface area (Å²) in [5.41, 5.74) is 9.42. The summed E-state index contributed by atoms with van der Waals surface area (Å²) in [4.78, 5) is 16.4. The van der Waals surface area contributed by atoms with E-state index in [4.69, 9.17) is 10.2 Å². The Hall–Kier alpha value is -3.08. The van der Waals surface area contributed by atoms with Gasteiger partial charge in [-0.25, -0.2) is 0 Å². The highest BCUT2D eigenvalue weighted by molar-refractivity contribution is 6.03. The standard InChI is InChI=1S/C17H15N3O2/c1-11-3-2-4-13(9-11)16(21)20-17-19-15(10-22-17)12-5-7-14(18)8-6-12/h2-10H,18H2,1H3,(H,19,20,21). The van der Waals surface area contributed by atoms with Crippen LogP contribution >= 0.6 is 0 Å². The molecule has 1 aromatic heterocycles. The van der Waals surface area contributed by atoms with Crippen LogP contribution in [-0.4, -0.2) is 10.9 Å². The number of aromatic nitrogens is 1. The van der Waals surface area contributed by atoms with Crippen LogP contribution in [0.25, 0.3) is 11.3 Å². The van der Waals surface area contributed by atoms with Gasteiger partial charge in [-0.3, -0.25) is 10.1 Å². The molecule has 1 amide bonds. The molecule has 0 unspecified atom stereocenters. The predicted octanol–water partition coefficient (Wildman–Crippen LogP) is 3.48. The van der Waals surface area contributed by atoms with Crippen molar-refractivity contribution in [3.8, 4) is 11.3 Å². The summed E-state index contributed by atoms with van der Waals surface area (Å²) in [6.07, 6.45) is 1.50. The molecule has 5 heteroatoms. The summed E-state index contributed by atoms with van der Waals surface area (Å²) in [5, 5.41) is 2.65. The number of carbonyl (C=O) groups is 1. The molecule has 2 aromatic carbocycles. The van der Waals surface area contributed by atoms with Crippen molar-refractivity contribution in [1.82, 2.24) is 4.98 Å². The number of benzene rings is 2. The van der Waals surface area contributed by atoms with E-state index in [-0.39, 0.29) is 11.9 Å². The van der Waals surface area contributed by atoms with Gasteiger partial charge in [-0.2, -0.15) is 4.98 Å². The van der Waals surface area contributed by atoms with Gasteiger partial charge in [0.05, 0.1) is 0 Å². The first-order valence-corrected chi connectivity index (χ1v) is 6.81. The van der Waals surface area contributed by atoms with Crippen molar-refractivity contribution < 1.29 is 9.21 Å². The van der Waals surface area contributed by atoms with Crippen LogP contribution in [0.15, 0.2) is 59.2 Å². The number of nitrogens with one attached hydrogen (secondary N) is 1. The van der Waals surface area contributed by atoms with Crippen molar-refractivity contribution in [3.63, 3.8) is 0 Å². The third kappa shape index (κ3) is 2.98. The number of nitrogens with zero attached hydrogens (tertiary/aromatic N) is 1. The molecular weight excluding hydrogens is 278 g/mol. The smallest absolute Gasteiger partial charge is 0.302 e. The van der Waals surface area contributed by atoms with E-state index < -0.39 is 0 Å². The molecule has 3 aromatic rings. The number of rotatable bonds is 3. The molecule has 1 heterocycles. The Morgan fingerprint density at radius 1 is 1.18 bits per heavy atom. The van der Waals surface area contributed by atoms with Crippen molar-refractivity contribution in [2.75, 3.05) is 11.1 Å². The molecule has 110 valence electrons. The van der Waals surface area contributed by atoms with E-state index in [1.165, 1.54) is 6.26 Å². The zero-order valence-electron chi connectivity index (χ0n) is 12.0. The number of amides is 1. The van der Waals surface area contributed by atoms with Crippen LogP contribution in [0.4, 0.5) is 11.7 Å². The highest BCUT2D eigenvalue weighted by atomic mass is 16.4. The van der Waals surface area contributed by atoms with E-state index in [9.17, 15) is 4.79 Å². The van der Waals surface area contributed by atoms with Crippen molar-refractivity contribution in [3.05, 3.63) is 65.9 Å². The van der Waals surface area contributed by atoms with Gasteiger partial charge in [0.1, 0.15) is 12.0 Å². The summed E-state index contributed by atoms with van der Waals surface area (Å²) < 4.78 is 5.30. The Labute approximate surface area is 127 Å². The number of hydrogen-bond donors (Lipinski definition) is 2. The highest BCUT2D eigenvalue weighted by Gasteiger charge is 2.11.